The Hall–Kier alpha value is -0.620. The Morgan fingerprint density at radius 1 is 1.47 bits per heavy atom. The van der Waals surface area contributed by atoms with Crippen LogP contribution in [0.3, 0.4) is 0 Å². The molecule has 0 bridgehead atoms. The maximum absolute atomic E-state index is 12.1. The van der Waals surface area contributed by atoms with Gasteiger partial charge in [-0.15, -0.1) is 0 Å². The summed E-state index contributed by atoms with van der Waals surface area (Å²) >= 11 is 0. The highest BCUT2D eigenvalue weighted by Gasteiger charge is 2.48. The molecule has 1 saturated carbocycles. The molecule has 0 radical (unpaired) electrons. The molecule has 1 heterocycles. The van der Waals surface area contributed by atoms with Gasteiger partial charge in [-0.25, -0.2) is 8.42 Å². The van der Waals surface area contributed by atoms with Crippen molar-refractivity contribution in [1.29, 1.82) is 0 Å². The fourth-order valence-corrected chi connectivity index (χ4v) is 4.64. The lowest BCUT2D eigenvalue weighted by molar-refractivity contribution is -0.138. The number of hydrogen-bond acceptors (Lipinski definition) is 4. The molecule has 0 aromatic heterocycles. The molecule has 3 N–H and O–H groups in total. The van der Waals surface area contributed by atoms with Crippen molar-refractivity contribution in [2.75, 3.05) is 18.1 Å². The molecule has 1 aliphatic carbocycles. The second kappa shape index (κ2) is 4.24. The minimum Gasteiger partial charge on any atom is -0.352 e. The highest BCUT2D eigenvalue weighted by Crippen LogP contribution is 2.44. The SMILES string of the molecule is CC1CC(CN)(C(=O)NC2CCS(=O)(=O)C2)C1. The van der Waals surface area contributed by atoms with E-state index in [1.165, 1.54) is 0 Å². The highest BCUT2D eigenvalue weighted by atomic mass is 32.2. The van der Waals surface area contributed by atoms with Gasteiger partial charge in [-0.2, -0.15) is 0 Å². The Balaban J connectivity index is 1.94. The quantitative estimate of drug-likeness (QED) is 0.727. The molecule has 1 aliphatic heterocycles. The smallest absolute Gasteiger partial charge is 0.227 e. The predicted molar refractivity (Wildman–Crippen MR) is 65.1 cm³/mol. The van der Waals surface area contributed by atoms with Crippen LogP contribution in [0.1, 0.15) is 26.2 Å². The molecular formula is C11H20N2O3S. The summed E-state index contributed by atoms with van der Waals surface area (Å²) in [4.78, 5) is 12.1. The third-order valence-electron chi connectivity index (χ3n) is 3.92. The largest absolute Gasteiger partial charge is 0.352 e. The van der Waals surface area contributed by atoms with Gasteiger partial charge < -0.3 is 11.1 Å². The zero-order chi connectivity index (χ0) is 12.7. The summed E-state index contributed by atoms with van der Waals surface area (Å²) in [5, 5.41) is 2.85. The van der Waals surface area contributed by atoms with Gasteiger partial charge in [-0.1, -0.05) is 6.92 Å². The van der Waals surface area contributed by atoms with E-state index in [4.69, 9.17) is 5.73 Å². The first-order valence-corrected chi connectivity index (χ1v) is 7.90. The topological polar surface area (TPSA) is 89.3 Å². The lowest BCUT2D eigenvalue weighted by Crippen LogP contribution is -2.55. The van der Waals surface area contributed by atoms with E-state index in [9.17, 15) is 13.2 Å². The fraction of sp³-hybridized carbons (Fsp3) is 0.909. The minimum atomic E-state index is -2.94. The van der Waals surface area contributed by atoms with Gasteiger partial charge in [0.25, 0.3) is 0 Å². The van der Waals surface area contributed by atoms with Crippen LogP contribution in [0.25, 0.3) is 0 Å². The summed E-state index contributed by atoms with van der Waals surface area (Å²) in [7, 11) is -2.94. The number of sulfone groups is 1. The zero-order valence-corrected chi connectivity index (χ0v) is 10.9. The third-order valence-corrected chi connectivity index (χ3v) is 5.69. The van der Waals surface area contributed by atoms with E-state index in [1.807, 2.05) is 0 Å². The van der Waals surface area contributed by atoms with E-state index in [0.717, 1.165) is 12.8 Å². The molecule has 5 nitrogen and oxygen atoms in total. The lowest BCUT2D eigenvalue weighted by Gasteiger charge is -2.44. The number of hydrogen-bond donors (Lipinski definition) is 2. The minimum absolute atomic E-state index is 0.0554. The van der Waals surface area contributed by atoms with Crippen LogP contribution in [0.4, 0.5) is 0 Å². The van der Waals surface area contributed by atoms with Crippen LogP contribution >= 0.6 is 0 Å². The van der Waals surface area contributed by atoms with Gasteiger partial charge >= 0.3 is 0 Å². The van der Waals surface area contributed by atoms with Crippen molar-refractivity contribution < 1.29 is 13.2 Å². The predicted octanol–water partition coefficient (Wildman–Crippen LogP) is -0.335. The summed E-state index contributed by atoms with van der Waals surface area (Å²) < 4.78 is 22.6. The van der Waals surface area contributed by atoms with Crippen LogP contribution in [-0.2, 0) is 14.6 Å². The van der Waals surface area contributed by atoms with Gasteiger partial charge in [-0.3, -0.25) is 4.79 Å². The molecule has 6 heteroatoms. The summed E-state index contributed by atoms with van der Waals surface area (Å²) in [6.45, 7) is 2.45. The van der Waals surface area contributed by atoms with Gasteiger partial charge in [0.05, 0.1) is 16.9 Å². The van der Waals surface area contributed by atoms with E-state index in [-0.39, 0.29) is 23.5 Å². The molecule has 2 aliphatic rings. The Morgan fingerprint density at radius 2 is 2.12 bits per heavy atom. The van der Waals surface area contributed by atoms with Crippen molar-refractivity contribution >= 4 is 15.7 Å². The number of carbonyl (C=O) groups excluding carboxylic acids is 1. The molecule has 2 rings (SSSR count). The average molecular weight is 260 g/mol. The number of carbonyl (C=O) groups is 1. The third kappa shape index (κ3) is 2.47. The Kier molecular flexibility index (Phi) is 3.20. The van der Waals surface area contributed by atoms with Crippen LogP contribution in [0.2, 0.25) is 0 Å². The lowest BCUT2D eigenvalue weighted by atomic mass is 9.62. The maximum Gasteiger partial charge on any atom is 0.227 e. The van der Waals surface area contributed by atoms with Crippen molar-refractivity contribution in [2.45, 2.75) is 32.2 Å². The summed E-state index contributed by atoms with van der Waals surface area (Å²) in [5.41, 5.74) is 5.24. The first kappa shape index (κ1) is 12.8. The normalized spacial score (nSPS) is 39.6. The average Bonchev–Trinajstić information content (AvgIpc) is 2.52. The van der Waals surface area contributed by atoms with Gasteiger partial charge in [-0.05, 0) is 25.2 Å². The molecule has 0 aromatic rings. The maximum atomic E-state index is 12.1. The van der Waals surface area contributed by atoms with Crippen molar-refractivity contribution in [1.82, 2.24) is 5.32 Å². The molecule has 0 aromatic carbocycles. The van der Waals surface area contributed by atoms with Gasteiger partial charge in [0.1, 0.15) is 0 Å². The Bertz CT molecular complexity index is 412. The number of nitrogens with two attached hydrogens (primary N) is 1. The van der Waals surface area contributed by atoms with Crippen molar-refractivity contribution in [2.24, 2.45) is 17.1 Å². The zero-order valence-electron chi connectivity index (χ0n) is 10.1. The van der Waals surface area contributed by atoms with E-state index in [1.54, 1.807) is 0 Å². The molecular weight excluding hydrogens is 240 g/mol. The molecule has 0 spiro atoms. The Labute approximate surface area is 102 Å². The summed E-state index contributed by atoms with van der Waals surface area (Å²) in [5.74, 6) is 0.746. The van der Waals surface area contributed by atoms with Crippen LogP contribution < -0.4 is 11.1 Å². The number of amides is 1. The molecule has 1 atom stereocenters. The first-order chi connectivity index (χ1) is 7.87. The molecule has 1 unspecified atom stereocenters. The second-order valence-electron chi connectivity index (χ2n) is 5.57. The molecule has 2 fully saturated rings. The highest BCUT2D eigenvalue weighted by molar-refractivity contribution is 7.91. The number of rotatable bonds is 3. The van der Waals surface area contributed by atoms with Crippen molar-refractivity contribution in [3.8, 4) is 0 Å². The molecule has 98 valence electrons. The standard InChI is InChI=1S/C11H20N2O3S/c1-8-4-11(5-8,7-12)10(14)13-9-2-3-17(15,16)6-9/h8-9H,2-7,12H2,1H3,(H,13,14). The van der Waals surface area contributed by atoms with Crippen LogP contribution in [0.5, 0.6) is 0 Å². The summed E-state index contributed by atoms with van der Waals surface area (Å²) in [6.07, 6.45) is 2.16. The molecule has 17 heavy (non-hydrogen) atoms. The fourth-order valence-electron chi connectivity index (χ4n) is 2.97. The van der Waals surface area contributed by atoms with Crippen LogP contribution in [0.15, 0.2) is 0 Å². The van der Waals surface area contributed by atoms with Crippen LogP contribution in [-0.4, -0.2) is 38.4 Å². The van der Waals surface area contributed by atoms with E-state index >= 15 is 0 Å². The first-order valence-electron chi connectivity index (χ1n) is 6.08. The summed E-state index contributed by atoms with van der Waals surface area (Å²) in [6, 6.07) is -0.216. The van der Waals surface area contributed by atoms with Crippen LogP contribution in [0, 0.1) is 11.3 Å². The monoisotopic (exact) mass is 260 g/mol. The van der Waals surface area contributed by atoms with Crippen molar-refractivity contribution in [3.05, 3.63) is 0 Å². The molecule has 1 saturated heterocycles. The van der Waals surface area contributed by atoms with E-state index in [2.05, 4.69) is 12.2 Å². The second-order valence-corrected chi connectivity index (χ2v) is 7.80. The van der Waals surface area contributed by atoms with Gasteiger partial charge in [0.2, 0.25) is 5.91 Å². The van der Waals surface area contributed by atoms with Gasteiger partial charge in [0.15, 0.2) is 9.84 Å². The van der Waals surface area contributed by atoms with E-state index in [0.29, 0.717) is 18.9 Å². The molecule has 1 amide bonds. The van der Waals surface area contributed by atoms with E-state index < -0.39 is 15.3 Å². The van der Waals surface area contributed by atoms with Crippen molar-refractivity contribution in [3.63, 3.8) is 0 Å². The number of nitrogens with one attached hydrogen (secondary N) is 1. The Morgan fingerprint density at radius 3 is 2.53 bits per heavy atom. The van der Waals surface area contributed by atoms with Gasteiger partial charge in [0, 0.05) is 12.6 Å².